The molecule has 0 aliphatic rings. The number of hydrogen-bond acceptors (Lipinski definition) is 5. The number of anilines is 1. The van der Waals surface area contributed by atoms with Crippen molar-refractivity contribution in [2.75, 3.05) is 4.72 Å². The molecule has 0 spiro atoms. The first kappa shape index (κ1) is 17.7. The third kappa shape index (κ3) is 4.73. The molecule has 0 atom stereocenters. The van der Waals surface area contributed by atoms with E-state index in [0.717, 1.165) is 6.07 Å². The normalized spacial score (nSPS) is 11.2. The molecule has 0 amide bonds. The van der Waals surface area contributed by atoms with Crippen molar-refractivity contribution < 1.29 is 21.9 Å². The van der Waals surface area contributed by atoms with E-state index in [4.69, 9.17) is 4.74 Å². The van der Waals surface area contributed by atoms with E-state index in [-0.39, 0.29) is 17.4 Å². The lowest BCUT2D eigenvalue weighted by atomic mass is 10.2. The fourth-order valence-corrected chi connectivity index (χ4v) is 3.26. The van der Waals surface area contributed by atoms with E-state index >= 15 is 0 Å². The van der Waals surface area contributed by atoms with Crippen LogP contribution >= 0.6 is 0 Å². The molecule has 26 heavy (non-hydrogen) atoms. The summed E-state index contributed by atoms with van der Waals surface area (Å²) in [7, 11) is -3.78. The number of nitrogens with zero attached hydrogens (tertiary/aromatic N) is 2. The molecule has 1 heterocycles. The fraction of sp³-hybridized carbons (Fsp3) is 0.0588. The summed E-state index contributed by atoms with van der Waals surface area (Å²) >= 11 is 0. The summed E-state index contributed by atoms with van der Waals surface area (Å²) in [4.78, 5) is 7.67. The first-order chi connectivity index (χ1) is 12.4. The molecule has 0 aliphatic carbocycles. The molecule has 0 fully saturated rings. The maximum absolute atomic E-state index is 13.5. The first-order valence-electron chi connectivity index (χ1n) is 7.41. The monoisotopic (exact) mass is 377 g/mol. The molecule has 9 heteroatoms. The molecule has 2 aromatic carbocycles. The van der Waals surface area contributed by atoms with Crippen molar-refractivity contribution in [1.29, 1.82) is 0 Å². The molecule has 0 radical (unpaired) electrons. The number of hydrogen-bond donors (Lipinski definition) is 1. The lowest BCUT2D eigenvalue weighted by Crippen LogP contribution is -2.15. The first-order valence-corrected chi connectivity index (χ1v) is 9.06. The van der Waals surface area contributed by atoms with Gasteiger partial charge in [0.2, 0.25) is 10.0 Å². The molecule has 0 aliphatic heterocycles. The average Bonchev–Trinajstić information content (AvgIpc) is 2.58. The predicted molar refractivity (Wildman–Crippen MR) is 91.2 cm³/mol. The van der Waals surface area contributed by atoms with E-state index < -0.39 is 27.4 Å². The van der Waals surface area contributed by atoms with Crippen LogP contribution < -0.4 is 9.46 Å². The molecule has 6 nitrogen and oxygen atoms in total. The molecule has 1 N–H and O–H groups in total. The van der Waals surface area contributed by atoms with E-state index in [1.807, 2.05) is 0 Å². The van der Waals surface area contributed by atoms with Gasteiger partial charge in [0, 0.05) is 0 Å². The Hall–Kier alpha value is -3.07. The van der Waals surface area contributed by atoms with Crippen LogP contribution in [-0.4, -0.2) is 18.4 Å². The second-order valence-corrected chi connectivity index (χ2v) is 7.00. The Balaban J connectivity index is 1.67. The van der Waals surface area contributed by atoms with Crippen LogP contribution in [0.3, 0.4) is 0 Å². The lowest BCUT2D eigenvalue weighted by molar-refractivity contribution is 0.411. The summed E-state index contributed by atoms with van der Waals surface area (Å²) in [5.41, 5.74) is 0.403. The zero-order valence-electron chi connectivity index (χ0n) is 13.3. The summed E-state index contributed by atoms with van der Waals surface area (Å²) in [6.07, 6.45) is 2.37. The van der Waals surface area contributed by atoms with Gasteiger partial charge in [0.05, 0.1) is 23.8 Å². The summed E-state index contributed by atoms with van der Waals surface area (Å²) in [5, 5.41) is 0. The van der Waals surface area contributed by atoms with E-state index in [1.54, 1.807) is 6.07 Å². The van der Waals surface area contributed by atoms with Gasteiger partial charge in [-0.15, -0.1) is 0 Å². The summed E-state index contributed by atoms with van der Waals surface area (Å²) < 4.78 is 58.4. The molecule has 0 saturated heterocycles. The van der Waals surface area contributed by atoms with Gasteiger partial charge in [-0.1, -0.05) is 24.3 Å². The third-order valence-electron chi connectivity index (χ3n) is 3.19. The number of rotatable bonds is 6. The number of nitrogens with one attached hydrogen (secondary N) is 1. The Morgan fingerprint density at radius 3 is 2.42 bits per heavy atom. The highest BCUT2D eigenvalue weighted by Crippen LogP contribution is 2.21. The summed E-state index contributed by atoms with van der Waals surface area (Å²) in [6.45, 7) is 0. The second kappa shape index (κ2) is 7.44. The van der Waals surface area contributed by atoms with Crippen LogP contribution in [0.25, 0.3) is 0 Å². The Kier molecular flexibility index (Phi) is 5.08. The molecule has 1 aromatic heterocycles. The standard InChI is InChI=1S/C17H13F2N3O3S/c18-13-5-3-4-12(8-13)11-26(23,24)22-14-9-20-17(21-10-14)25-16-7-2-1-6-15(16)19/h1-10,22H,11H2. The van der Waals surface area contributed by atoms with Crippen molar-refractivity contribution in [2.45, 2.75) is 5.75 Å². The molecule has 134 valence electrons. The van der Waals surface area contributed by atoms with Gasteiger partial charge in [0.1, 0.15) is 5.82 Å². The van der Waals surface area contributed by atoms with Gasteiger partial charge in [-0.3, -0.25) is 4.72 Å². The Morgan fingerprint density at radius 2 is 1.73 bits per heavy atom. The van der Waals surface area contributed by atoms with Crippen molar-refractivity contribution in [3.05, 3.63) is 78.1 Å². The van der Waals surface area contributed by atoms with Crippen molar-refractivity contribution in [2.24, 2.45) is 0 Å². The van der Waals surface area contributed by atoms with E-state index in [1.165, 1.54) is 48.8 Å². The SMILES string of the molecule is O=S(=O)(Cc1cccc(F)c1)Nc1cnc(Oc2ccccc2F)nc1. The van der Waals surface area contributed by atoms with Crippen molar-refractivity contribution in [3.63, 3.8) is 0 Å². The van der Waals surface area contributed by atoms with E-state index in [0.29, 0.717) is 5.56 Å². The van der Waals surface area contributed by atoms with Gasteiger partial charge >= 0.3 is 6.01 Å². The third-order valence-corrected chi connectivity index (χ3v) is 4.45. The van der Waals surface area contributed by atoms with E-state index in [9.17, 15) is 17.2 Å². The summed E-state index contributed by atoms with van der Waals surface area (Å²) in [6, 6.07) is 10.9. The van der Waals surface area contributed by atoms with Crippen molar-refractivity contribution in [1.82, 2.24) is 9.97 Å². The van der Waals surface area contributed by atoms with Crippen LogP contribution in [0, 0.1) is 11.6 Å². The largest absolute Gasteiger partial charge is 0.421 e. The lowest BCUT2D eigenvalue weighted by Gasteiger charge is -2.09. The quantitative estimate of drug-likeness (QED) is 0.711. The van der Waals surface area contributed by atoms with Crippen molar-refractivity contribution >= 4 is 15.7 Å². The highest BCUT2D eigenvalue weighted by molar-refractivity contribution is 7.91. The zero-order valence-corrected chi connectivity index (χ0v) is 14.1. The van der Waals surface area contributed by atoms with Crippen LogP contribution in [0.4, 0.5) is 14.5 Å². The van der Waals surface area contributed by atoms with Gasteiger partial charge in [-0.2, -0.15) is 0 Å². The highest BCUT2D eigenvalue weighted by atomic mass is 32.2. The van der Waals surface area contributed by atoms with Gasteiger partial charge in [-0.05, 0) is 29.8 Å². The zero-order chi connectivity index (χ0) is 18.6. The predicted octanol–water partition coefficient (Wildman–Crippen LogP) is 3.49. The maximum atomic E-state index is 13.5. The highest BCUT2D eigenvalue weighted by Gasteiger charge is 2.13. The number of aromatic nitrogens is 2. The van der Waals surface area contributed by atoms with Gasteiger partial charge < -0.3 is 4.74 Å². The number of sulfonamides is 1. The summed E-state index contributed by atoms with van der Waals surface area (Å²) in [5.74, 6) is -1.54. The minimum atomic E-state index is -3.78. The minimum absolute atomic E-state index is 0.0491. The van der Waals surface area contributed by atoms with Gasteiger partial charge in [0.25, 0.3) is 0 Å². The topological polar surface area (TPSA) is 81.2 Å². The van der Waals surface area contributed by atoms with Crippen LogP contribution in [0.5, 0.6) is 11.8 Å². The van der Waals surface area contributed by atoms with Crippen LogP contribution in [0.15, 0.2) is 60.9 Å². The Morgan fingerprint density at radius 1 is 1.00 bits per heavy atom. The molecular weight excluding hydrogens is 364 g/mol. The molecule has 3 rings (SSSR count). The van der Waals surface area contributed by atoms with Crippen molar-refractivity contribution in [3.8, 4) is 11.8 Å². The molecule has 0 saturated carbocycles. The Bertz CT molecular complexity index is 1010. The number of benzene rings is 2. The van der Waals surface area contributed by atoms with Crippen LogP contribution in [-0.2, 0) is 15.8 Å². The number of halogens is 2. The average molecular weight is 377 g/mol. The Labute approximate surface area is 148 Å². The fourth-order valence-electron chi connectivity index (χ4n) is 2.11. The smallest absolute Gasteiger partial charge is 0.322 e. The molecular formula is C17H13F2N3O3S. The number of ether oxygens (including phenoxy) is 1. The minimum Gasteiger partial charge on any atom is -0.421 e. The molecule has 0 unspecified atom stereocenters. The molecule has 0 bridgehead atoms. The maximum Gasteiger partial charge on any atom is 0.322 e. The van der Waals surface area contributed by atoms with Gasteiger partial charge in [0.15, 0.2) is 11.6 Å². The second-order valence-electron chi connectivity index (χ2n) is 5.28. The molecule has 3 aromatic rings. The van der Waals surface area contributed by atoms with Gasteiger partial charge in [-0.25, -0.2) is 27.2 Å². The van der Waals surface area contributed by atoms with Crippen LogP contribution in [0.1, 0.15) is 5.56 Å². The van der Waals surface area contributed by atoms with Crippen LogP contribution in [0.2, 0.25) is 0 Å². The van der Waals surface area contributed by atoms with E-state index in [2.05, 4.69) is 14.7 Å². The number of para-hydroxylation sites is 1.